The Labute approximate surface area is 87.0 Å². The minimum absolute atomic E-state index is 0.670. The van der Waals surface area contributed by atoms with Crippen molar-refractivity contribution < 1.29 is 4.21 Å². The first-order chi connectivity index (χ1) is 6.66. The zero-order chi connectivity index (χ0) is 10.1. The number of hydrogen-bond donors (Lipinski definition) is 1. The van der Waals surface area contributed by atoms with Gasteiger partial charge in [0.25, 0.3) is 0 Å². The number of aryl methyl sites for hydroxylation is 1. The highest BCUT2D eigenvalue weighted by atomic mass is 32.2. The lowest BCUT2D eigenvalue weighted by atomic mass is 10.2. The van der Waals surface area contributed by atoms with Gasteiger partial charge in [-0.2, -0.15) is 0 Å². The van der Waals surface area contributed by atoms with E-state index in [0.717, 1.165) is 16.2 Å². The molecule has 0 saturated heterocycles. The van der Waals surface area contributed by atoms with E-state index in [2.05, 4.69) is 0 Å². The van der Waals surface area contributed by atoms with Gasteiger partial charge in [-0.05, 0) is 43.4 Å². The molecular formula is C11H15NOS. The van der Waals surface area contributed by atoms with Crippen molar-refractivity contribution in [2.24, 2.45) is 5.92 Å². The lowest BCUT2D eigenvalue weighted by Gasteiger charge is -2.05. The molecule has 0 amide bonds. The van der Waals surface area contributed by atoms with Crippen molar-refractivity contribution in [1.29, 1.82) is 0 Å². The first-order valence-electron chi connectivity index (χ1n) is 4.91. The largest absolute Gasteiger partial charge is 0.398 e. The average molecular weight is 209 g/mol. The molecule has 1 aliphatic carbocycles. The van der Waals surface area contributed by atoms with Gasteiger partial charge in [-0.15, -0.1) is 0 Å². The molecule has 1 aliphatic rings. The Kier molecular flexibility index (Phi) is 2.59. The highest BCUT2D eigenvalue weighted by Crippen LogP contribution is 2.31. The molecule has 1 aromatic rings. The van der Waals surface area contributed by atoms with Gasteiger partial charge in [0, 0.05) is 11.4 Å². The van der Waals surface area contributed by atoms with Crippen LogP contribution in [0, 0.1) is 12.8 Å². The van der Waals surface area contributed by atoms with E-state index in [1.54, 1.807) is 0 Å². The fraction of sp³-hybridized carbons (Fsp3) is 0.455. The van der Waals surface area contributed by atoms with Gasteiger partial charge in [0.15, 0.2) is 0 Å². The second-order valence-corrected chi connectivity index (χ2v) is 5.46. The van der Waals surface area contributed by atoms with Gasteiger partial charge in [-0.25, -0.2) is 0 Å². The first kappa shape index (κ1) is 9.71. The summed E-state index contributed by atoms with van der Waals surface area (Å²) in [5.74, 6) is 1.46. The fourth-order valence-electron chi connectivity index (χ4n) is 1.46. The maximum absolute atomic E-state index is 11.9. The van der Waals surface area contributed by atoms with E-state index in [9.17, 15) is 4.21 Å². The number of nitrogens with two attached hydrogens (primary N) is 1. The SMILES string of the molecule is Cc1ccc(S(=O)CC2CC2)c(N)c1. The summed E-state index contributed by atoms with van der Waals surface area (Å²) in [6.07, 6.45) is 2.47. The highest BCUT2D eigenvalue weighted by Gasteiger charge is 2.24. The Morgan fingerprint density at radius 2 is 2.21 bits per heavy atom. The number of nitrogen functional groups attached to an aromatic ring is 1. The van der Waals surface area contributed by atoms with Crippen LogP contribution in [0.4, 0.5) is 5.69 Å². The first-order valence-corrected chi connectivity index (χ1v) is 6.23. The molecule has 0 aliphatic heterocycles. The Balaban J connectivity index is 2.17. The third-order valence-corrected chi connectivity index (χ3v) is 4.13. The summed E-state index contributed by atoms with van der Waals surface area (Å²) in [7, 11) is -0.896. The normalized spacial score (nSPS) is 18.1. The standard InChI is InChI=1S/C11H15NOS/c1-8-2-5-11(10(12)6-8)14(13)7-9-3-4-9/h2,5-6,9H,3-4,7,12H2,1H3. The molecule has 1 unspecified atom stereocenters. The lowest BCUT2D eigenvalue weighted by molar-refractivity contribution is 0.680. The minimum Gasteiger partial charge on any atom is -0.398 e. The summed E-state index contributed by atoms with van der Waals surface area (Å²) < 4.78 is 11.9. The van der Waals surface area contributed by atoms with Crippen LogP contribution in [0.5, 0.6) is 0 Å². The molecule has 76 valence electrons. The van der Waals surface area contributed by atoms with Gasteiger partial charge >= 0.3 is 0 Å². The summed E-state index contributed by atoms with van der Waals surface area (Å²) in [6.45, 7) is 1.99. The molecule has 2 rings (SSSR count). The summed E-state index contributed by atoms with van der Waals surface area (Å²) >= 11 is 0. The third kappa shape index (κ3) is 2.15. The van der Waals surface area contributed by atoms with E-state index < -0.39 is 10.8 Å². The van der Waals surface area contributed by atoms with Crippen molar-refractivity contribution >= 4 is 16.5 Å². The fourth-order valence-corrected chi connectivity index (χ4v) is 2.95. The zero-order valence-electron chi connectivity index (χ0n) is 8.32. The van der Waals surface area contributed by atoms with Crippen molar-refractivity contribution in [3.05, 3.63) is 23.8 Å². The van der Waals surface area contributed by atoms with Gasteiger partial charge in [0.2, 0.25) is 0 Å². The quantitative estimate of drug-likeness (QED) is 0.775. The predicted octanol–water partition coefficient (Wildman–Crippen LogP) is 2.09. The van der Waals surface area contributed by atoms with Crippen LogP contribution in [0.25, 0.3) is 0 Å². The Morgan fingerprint density at radius 3 is 2.79 bits per heavy atom. The summed E-state index contributed by atoms with van der Waals surface area (Å²) in [6, 6.07) is 5.75. The molecule has 0 radical (unpaired) electrons. The van der Waals surface area contributed by atoms with Crippen molar-refractivity contribution in [2.45, 2.75) is 24.7 Å². The van der Waals surface area contributed by atoms with Gasteiger partial charge < -0.3 is 5.73 Å². The van der Waals surface area contributed by atoms with E-state index in [1.807, 2.05) is 25.1 Å². The molecule has 0 aromatic heterocycles. The van der Waals surface area contributed by atoms with Gasteiger partial charge in [0.05, 0.1) is 15.7 Å². The summed E-state index contributed by atoms with van der Waals surface area (Å²) in [5, 5.41) is 0. The van der Waals surface area contributed by atoms with Crippen LogP contribution in [-0.4, -0.2) is 9.96 Å². The zero-order valence-corrected chi connectivity index (χ0v) is 9.14. The molecule has 3 heteroatoms. The van der Waals surface area contributed by atoms with Gasteiger partial charge in [0.1, 0.15) is 0 Å². The van der Waals surface area contributed by atoms with Crippen LogP contribution in [-0.2, 0) is 10.8 Å². The molecule has 0 spiro atoms. The van der Waals surface area contributed by atoms with E-state index in [-0.39, 0.29) is 0 Å². The number of anilines is 1. The van der Waals surface area contributed by atoms with Crippen molar-refractivity contribution in [3.63, 3.8) is 0 Å². The van der Waals surface area contributed by atoms with Crippen molar-refractivity contribution in [2.75, 3.05) is 11.5 Å². The van der Waals surface area contributed by atoms with E-state index >= 15 is 0 Å². The topological polar surface area (TPSA) is 43.1 Å². The Morgan fingerprint density at radius 1 is 1.50 bits per heavy atom. The van der Waals surface area contributed by atoms with Crippen LogP contribution >= 0.6 is 0 Å². The number of benzene rings is 1. The molecule has 1 fully saturated rings. The Hall–Kier alpha value is -0.830. The molecule has 1 saturated carbocycles. The minimum atomic E-state index is -0.896. The molecule has 0 bridgehead atoms. The average Bonchev–Trinajstić information content (AvgIpc) is 2.87. The molecule has 2 nitrogen and oxygen atoms in total. The Bertz CT molecular complexity index is 372. The molecule has 0 heterocycles. The monoisotopic (exact) mass is 209 g/mol. The summed E-state index contributed by atoms with van der Waals surface area (Å²) in [4.78, 5) is 0.808. The van der Waals surface area contributed by atoms with Crippen LogP contribution in [0.3, 0.4) is 0 Å². The second kappa shape index (κ2) is 3.73. The van der Waals surface area contributed by atoms with E-state index in [0.29, 0.717) is 11.6 Å². The van der Waals surface area contributed by atoms with Crippen molar-refractivity contribution in [1.82, 2.24) is 0 Å². The predicted molar refractivity (Wildman–Crippen MR) is 59.6 cm³/mol. The molecule has 14 heavy (non-hydrogen) atoms. The maximum atomic E-state index is 11.9. The van der Waals surface area contributed by atoms with Crippen LogP contribution in [0.2, 0.25) is 0 Å². The lowest BCUT2D eigenvalue weighted by Crippen LogP contribution is -2.03. The smallest absolute Gasteiger partial charge is 0.0617 e. The van der Waals surface area contributed by atoms with Crippen LogP contribution in [0.15, 0.2) is 23.1 Å². The van der Waals surface area contributed by atoms with E-state index in [4.69, 9.17) is 5.73 Å². The summed E-state index contributed by atoms with van der Waals surface area (Å²) in [5.41, 5.74) is 7.62. The number of hydrogen-bond acceptors (Lipinski definition) is 2. The molecule has 1 atom stereocenters. The third-order valence-electron chi connectivity index (χ3n) is 2.49. The van der Waals surface area contributed by atoms with Crippen molar-refractivity contribution in [3.8, 4) is 0 Å². The second-order valence-electron chi connectivity index (χ2n) is 4.00. The highest BCUT2D eigenvalue weighted by molar-refractivity contribution is 7.85. The maximum Gasteiger partial charge on any atom is 0.0617 e. The number of rotatable bonds is 3. The van der Waals surface area contributed by atoms with Crippen LogP contribution < -0.4 is 5.73 Å². The van der Waals surface area contributed by atoms with Gasteiger partial charge in [-0.3, -0.25) is 4.21 Å². The van der Waals surface area contributed by atoms with Gasteiger partial charge in [-0.1, -0.05) is 6.07 Å². The molecule has 2 N–H and O–H groups in total. The molecular weight excluding hydrogens is 194 g/mol. The molecule has 1 aromatic carbocycles. The van der Waals surface area contributed by atoms with E-state index in [1.165, 1.54) is 12.8 Å². The van der Waals surface area contributed by atoms with Crippen LogP contribution in [0.1, 0.15) is 18.4 Å².